The van der Waals surface area contributed by atoms with Gasteiger partial charge in [-0.1, -0.05) is 19.3 Å². The number of carbonyl (C=O) groups is 1. The van der Waals surface area contributed by atoms with Crippen molar-refractivity contribution >= 4 is 27.3 Å². The minimum atomic E-state index is -3.73. The van der Waals surface area contributed by atoms with Gasteiger partial charge in [0.25, 0.3) is 0 Å². The lowest BCUT2D eigenvalue weighted by atomic mass is 9.75. The molecular formula is C13H19NO5S2. The van der Waals surface area contributed by atoms with Crippen LogP contribution in [0.4, 0.5) is 0 Å². The van der Waals surface area contributed by atoms with Crippen LogP contribution in [0.25, 0.3) is 0 Å². The highest BCUT2D eigenvalue weighted by molar-refractivity contribution is 7.89. The van der Waals surface area contributed by atoms with E-state index in [2.05, 4.69) is 4.72 Å². The third kappa shape index (κ3) is 3.82. The number of hydrogen-bond acceptors (Lipinski definition) is 5. The van der Waals surface area contributed by atoms with Gasteiger partial charge in [-0.25, -0.2) is 17.9 Å². The second-order valence-electron chi connectivity index (χ2n) is 5.50. The minimum Gasteiger partial charge on any atom is -0.477 e. The Morgan fingerprint density at radius 2 is 2.00 bits per heavy atom. The molecule has 2 rings (SSSR count). The second kappa shape index (κ2) is 6.43. The summed E-state index contributed by atoms with van der Waals surface area (Å²) >= 11 is 0.883. The minimum absolute atomic E-state index is 0.00934. The van der Waals surface area contributed by atoms with Gasteiger partial charge in [0.05, 0.1) is 4.90 Å². The molecule has 0 amide bonds. The normalized spacial score (nSPS) is 18.5. The molecule has 1 aliphatic carbocycles. The third-order valence-corrected chi connectivity index (χ3v) is 6.43. The summed E-state index contributed by atoms with van der Waals surface area (Å²) in [6.45, 7) is 0.142. The topological polar surface area (TPSA) is 104 Å². The van der Waals surface area contributed by atoms with Gasteiger partial charge in [-0.2, -0.15) is 0 Å². The SMILES string of the molecule is O=C(O)c1cc(S(=O)(=O)NCC2(CO)CCCCC2)cs1. The maximum Gasteiger partial charge on any atom is 0.345 e. The molecule has 8 heteroatoms. The molecule has 0 aromatic carbocycles. The monoisotopic (exact) mass is 333 g/mol. The Morgan fingerprint density at radius 1 is 1.33 bits per heavy atom. The van der Waals surface area contributed by atoms with Crippen molar-refractivity contribution in [1.82, 2.24) is 4.72 Å². The van der Waals surface area contributed by atoms with Crippen molar-refractivity contribution in [3.63, 3.8) is 0 Å². The maximum absolute atomic E-state index is 12.2. The molecule has 21 heavy (non-hydrogen) atoms. The van der Waals surface area contributed by atoms with E-state index in [0.717, 1.165) is 49.5 Å². The molecule has 1 saturated carbocycles. The number of aliphatic hydroxyl groups excluding tert-OH is 1. The van der Waals surface area contributed by atoms with E-state index < -0.39 is 21.4 Å². The molecule has 0 unspecified atom stereocenters. The number of rotatable bonds is 6. The van der Waals surface area contributed by atoms with Crippen LogP contribution in [-0.4, -0.2) is 37.8 Å². The average Bonchev–Trinajstić information content (AvgIpc) is 2.97. The van der Waals surface area contributed by atoms with Gasteiger partial charge in [0, 0.05) is 23.9 Å². The van der Waals surface area contributed by atoms with Crippen LogP contribution in [0, 0.1) is 5.41 Å². The van der Waals surface area contributed by atoms with Crippen molar-refractivity contribution in [2.24, 2.45) is 5.41 Å². The fraction of sp³-hybridized carbons (Fsp3) is 0.615. The molecule has 0 bridgehead atoms. The Kier molecular flexibility index (Phi) is 5.03. The van der Waals surface area contributed by atoms with Gasteiger partial charge in [-0.05, 0) is 18.9 Å². The Balaban J connectivity index is 2.07. The summed E-state index contributed by atoms with van der Waals surface area (Å²) in [4.78, 5) is 10.8. The number of nitrogens with one attached hydrogen (secondary N) is 1. The van der Waals surface area contributed by atoms with E-state index in [-0.39, 0.29) is 22.9 Å². The number of hydrogen-bond donors (Lipinski definition) is 3. The molecule has 3 N–H and O–H groups in total. The van der Waals surface area contributed by atoms with Crippen LogP contribution in [0.1, 0.15) is 41.8 Å². The first kappa shape index (κ1) is 16.4. The average molecular weight is 333 g/mol. The van der Waals surface area contributed by atoms with E-state index in [1.54, 1.807) is 0 Å². The van der Waals surface area contributed by atoms with Crippen molar-refractivity contribution in [3.8, 4) is 0 Å². The van der Waals surface area contributed by atoms with Gasteiger partial charge < -0.3 is 10.2 Å². The highest BCUT2D eigenvalue weighted by Gasteiger charge is 2.33. The zero-order valence-electron chi connectivity index (χ0n) is 11.5. The fourth-order valence-corrected chi connectivity index (χ4v) is 4.86. The van der Waals surface area contributed by atoms with E-state index in [1.807, 2.05) is 0 Å². The summed E-state index contributed by atoms with van der Waals surface area (Å²) in [6.07, 6.45) is 4.70. The molecule has 0 radical (unpaired) electrons. The number of carboxylic acid groups (broad SMARTS) is 1. The highest BCUT2D eigenvalue weighted by Crippen LogP contribution is 2.35. The fourth-order valence-electron chi connectivity index (χ4n) is 2.60. The Morgan fingerprint density at radius 3 is 2.52 bits per heavy atom. The molecule has 0 saturated heterocycles. The molecule has 1 aliphatic rings. The van der Waals surface area contributed by atoms with E-state index >= 15 is 0 Å². The van der Waals surface area contributed by atoms with Crippen molar-refractivity contribution in [2.45, 2.75) is 37.0 Å². The van der Waals surface area contributed by atoms with Gasteiger partial charge >= 0.3 is 5.97 Å². The predicted molar refractivity (Wildman–Crippen MR) is 79.1 cm³/mol. The number of aliphatic hydroxyl groups is 1. The number of carboxylic acids is 1. The van der Waals surface area contributed by atoms with Crippen LogP contribution in [0.5, 0.6) is 0 Å². The Hall–Kier alpha value is -0.960. The van der Waals surface area contributed by atoms with Crippen LogP contribution in [-0.2, 0) is 10.0 Å². The van der Waals surface area contributed by atoms with Crippen molar-refractivity contribution in [2.75, 3.05) is 13.2 Å². The summed E-state index contributed by atoms with van der Waals surface area (Å²) in [5, 5.41) is 19.7. The van der Waals surface area contributed by atoms with Crippen molar-refractivity contribution in [3.05, 3.63) is 16.3 Å². The summed E-state index contributed by atoms with van der Waals surface area (Å²) in [7, 11) is -3.73. The van der Waals surface area contributed by atoms with Crippen LogP contribution in [0.2, 0.25) is 0 Å². The van der Waals surface area contributed by atoms with Crippen LogP contribution < -0.4 is 4.72 Å². The van der Waals surface area contributed by atoms with Crippen molar-refractivity contribution < 1.29 is 23.4 Å². The molecular weight excluding hydrogens is 314 g/mol. The molecule has 1 aromatic heterocycles. The van der Waals surface area contributed by atoms with Gasteiger partial charge in [-0.15, -0.1) is 11.3 Å². The molecule has 0 aliphatic heterocycles. The maximum atomic E-state index is 12.2. The Bertz CT molecular complexity index is 602. The van der Waals surface area contributed by atoms with Gasteiger partial charge in [0.15, 0.2) is 0 Å². The summed E-state index contributed by atoms with van der Waals surface area (Å²) < 4.78 is 26.9. The first-order valence-corrected chi connectivity index (χ1v) is 9.17. The zero-order chi connectivity index (χ0) is 15.5. The summed E-state index contributed by atoms with van der Waals surface area (Å²) in [6, 6.07) is 1.15. The van der Waals surface area contributed by atoms with Gasteiger partial charge in [0.2, 0.25) is 10.0 Å². The van der Waals surface area contributed by atoms with Gasteiger partial charge in [-0.3, -0.25) is 0 Å². The molecule has 6 nitrogen and oxygen atoms in total. The van der Waals surface area contributed by atoms with E-state index in [0.29, 0.717) is 0 Å². The van der Waals surface area contributed by atoms with Crippen LogP contribution >= 0.6 is 11.3 Å². The summed E-state index contributed by atoms with van der Waals surface area (Å²) in [5.41, 5.74) is -0.392. The van der Waals surface area contributed by atoms with E-state index in [1.165, 1.54) is 5.38 Å². The molecule has 1 fully saturated rings. The number of thiophene rings is 1. The standard InChI is InChI=1S/C13H19NO5S2/c15-9-13(4-2-1-3-5-13)8-14-21(18,19)10-6-11(12(16)17)20-7-10/h6-7,14-15H,1-5,8-9H2,(H,16,17). The smallest absolute Gasteiger partial charge is 0.345 e. The molecule has 0 spiro atoms. The number of aromatic carboxylic acids is 1. The predicted octanol–water partition coefficient (Wildman–Crippen LogP) is 1.67. The molecule has 118 valence electrons. The summed E-state index contributed by atoms with van der Waals surface area (Å²) in [5.74, 6) is -1.14. The van der Waals surface area contributed by atoms with Crippen LogP contribution in [0.15, 0.2) is 16.3 Å². The third-order valence-electron chi connectivity index (χ3n) is 3.98. The zero-order valence-corrected chi connectivity index (χ0v) is 13.2. The number of sulfonamides is 1. The molecule has 1 heterocycles. The largest absolute Gasteiger partial charge is 0.477 e. The van der Waals surface area contributed by atoms with E-state index in [9.17, 15) is 18.3 Å². The highest BCUT2D eigenvalue weighted by atomic mass is 32.2. The van der Waals surface area contributed by atoms with Gasteiger partial charge in [0.1, 0.15) is 4.88 Å². The quantitative estimate of drug-likeness (QED) is 0.734. The van der Waals surface area contributed by atoms with Crippen LogP contribution in [0.3, 0.4) is 0 Å². The lowest BCUT2D eigenvalue weighted by molar-refractivity contribution is 0.0702. The first-order chi connectivity index (χ1) is 9.88. The lowest BCUT2D eigenvalue weighted by Gasteiger charge is -2.35. The van der Waals surface area contributed by atoms with Crippen molar-refractivity contribution in [1.29, 1.82) is 0 Å². The molecule has 1 aromatic rings. The Labute approximate surface area is 127 Å². The van der Waals surface area contributed by atoms with E-state index in [4.69, 9.17) is 5.11 Å². The molecule has 0 atom stereocenters. The lowest BCUT2D eigenvalue weighted by Crippen LogP contribution is -2.41. The second-order valence-corrected chi connectivity index (χ2v) is 8.17. The first-order valence-electron chi connectivity index (χ1n) is 6.81.